The summed E-state index contributed by atoms with van der Waals surface area (Å²) in [4.78, 5) is 16.4. The quantitative estimate of drug-likeness (QED) is 0.230. The van der Waals surface area contributed by atoms with E-state index >= 15 is 0 Å². The number of aliphatic hydroxyl groups excluding tert-OH is 2. The van der Waals surface area contributed by atoms with Gasteiger partial charge in [0, 0.05) is 35.4 Å². The fourth-order valence-electron chi connectivity index (χ4n) is 4.16. The maximum atomic E-state index is 11.9. The summed E-state index contributed by atoms with van der Waals surface area (Å²) in [6.07, 6.45) is 2.44. The van der Waals surface area contributed by atoms with Crippen molar-refractivity contribution < 1.29 is 24.5 Å². The number of aliphatic hydroxyl groups is 2. The second kappa shape index (κ2) is 13.1. The van der Waals surface area contributed by atoms with E-state index < -0.39 is 11.9 Å². The van der Waals surface area contributed by atoms with Crippen molar-refractivity contribution in [2.75, 3.05) is 31.7 Å². The highest BCUT2D eigenvalue weighted by molar-refractivity contribution is 5.98. The summed E-state index contributed by atoms with van der Waals surface area (Å²) < 4.78 is 11.6. The molecule has 6 N–H and O–H groups in total. The maximum Gasteiger partial charge on any atom is 0.221 e. The number of hydrogen-bond donors (Lipinski definition) is 5. The van der Waals surface area contributed by atoms with E-state index in [1.807, 2.05) is 44.2 Å². The number of amides is 1. The van der Waals surface area contributed by atoms with E-state index in [2.05, 4.69) is 22.5 Å². The zero-order valence-corrected chi connectivity index (χ0v) is 21.1. The van der Waals surface area contributed by atoms with Gasteiger partial charge in [-0.2, -0.15) is 0 Å². The van der Waals surface area contributed by atoms with Gasteiger partial charge in [0.1, 0.15) is 0 Å². The van der Waals surface area contributed by atoms with Gasteiger partial charge in [0.25, 0.3) is 0 Å². The molecule has 194 valence electrons. The Balaban J connectivity index is 2.12. The van der Waals surface area contributed by atoms with Crippen LogP contribution in [0.25, 0.3) is 10.9 Å². The molecule has 0 spiro atoms. The number of nitrogens with two attached hydrogens (primary N) is 1. The molecule has 1 aromatic heterocycles. The van der Waals surface area contributed by atoms with E-state index in [-0.39, 0.29) is 19.6 Å². The summed E-state index contributed by atoms with van der Waals surface area (Å²) in [6.45, 7) is 7.03. The number of primary amides is 1. The van der Waals surface area contributed by atoms with Crippen LogP contribution in [0, 0.1) is 0 Å². The van der Waals surface area contributed by atoms with Gasteiger partial charge in [0.2, 0.25) is 5.91 Å². The van der Waals surface area contributed by atoms with Crippen molar-refractivity contribution in [3.05, 3.63) is 53.2 Å². The maximum absolute atomic E-state index is 11.9. The predicted molar refractivity (Wildman–Crippen MR) is 141 cm³/mol. The van der Waals surface area contributed by atoms with Gasteiger partial charge in [-0.3, -0.25) is 9.78 Å². The Labute approximate surface area is 211 Å². The minimum absolute atomic E-state index is 0.0276. The molecule has 36 heavy (non-hydrogen) atoms. The summed E-state index contributed by atoms with van der Waals surface area (Å²) in [6, 6.07) is 9.27. The Kier molecular flexibility index (Phi) is 9.86. The van der Waals surface area contributed by atoms with Crippen LogP contribution in [0.2, 0.25) is 0 Å². The van der Waals surface area contributed by atoms with Crippen LogP contribution in [0.5, 0.6) is 11.5 Å². The largest absolute Gasteiger partial charge is 0.490 e. The fourth-order valence-corrected chi connectivity index (χ4v) is 4.16. The van der Waals surface area contributed by atoms with Crippen LogP contribution in [0.4, 0.5) is 11.4 Å². The SMILES string of the molecule is CCOc1cc2ncc(CC(N)=O)c(Nc3cccc(CNC(CO)CO)c3CC)c2cc1OCC. The van der Waals surface area contributed by atoms with E-state index in [9.17, 15) is 15.0 Å². The topological polar surface area (TPSA) is 139 Å². The molecule has 0 aliphatic rings. The van der Waals surface area contributed by atoms with E-state index in [0.717, 1.165) is 34.3 Å². The number of pyridine rings is 1. The molecular formula is C27H36N4O5. The second-order valence-corrected chi connectivity index (χ2v) is 8.35. The summed E-state index contributed by atoms with van der Waals surface area (Å²) >= 11 is 0. The van der Waals surface area contributed by atoms with Crippen LogP contribution in [0.1, 0.15) is 37.5 Å². The zero-order valence-electron chi connectivity index (χ0n) is 21.1. The molecule has 0 saturated heterocycles. The molecule has 0 radical (unpaired) electrons. The third-order valence-corrected chi connectivity index (χ3v) is 5.88. The van der Waals surface area contributed by atoms with Crippen LogP contribution in [-0.4, -0.2) is 53.6 Å². The van der Waals surface area contributed by atoms with Gasteiger partial charge < -0.3 is 36.1 Å². The normalized spacial score (nSPS) is 11.2. The highest BCUT2D eigenvalue weighted by atomic mass is 16.5. The Morgan fingerprint density at radius 1 is 1.06 bits per heavy atom. The van der Waals surface area contributed by atoms with Gasteiger partial charge in [-0.05, 0) is 43.5 Å². The summed E-state index contributed by atoms with van der Waals surface area (Å²) in [5, 5.41) is 26.3. The molecule has 9 nitrogen and oxygen atoms in total. The number of aromatic nitrogens is 1. The van der Waals surface area contributed by atoms with E-state index in [1.54, 1.807) is 6.20 Å². The molecule has 0 fully saturated rings. The average Bonchev–Trinajstić information content (AvgIpc) is 2.86. The minimum Gasteiger partial charge on any atom is -0.490 e. The van der Waals surface area contributed by atoms with Crippen molar-refractivity contribution in [1.82, 2.24) is 10.3 Å². The highest BCUT2D eigenvalue weighted by Gasteiger charge is 2.18. The minimum atomic E-state index is -0.456. The van der Waals surface area contributed by atoms with E-state index in [0.29, 0.717) is 42.3 Å². The summed E-state index contributed by atoms with van der Waals surface area (Å²) in [5.74, 6) is 0.751. The van der Waals surface area contributed by atoms with Crippen molar-refractivity contribution >= 4 is 28.2 Å². The van der Waals surface area contributed by atoms with Crippen molar-refractivity contribution in [2.24, 2.45) is 5.73 Å². The number of rotatable bonds is 14. The molecule has 0 bridgehead atoms. The molecule has 0 saturated carbocycles. The summed E-state index contributed by atoms with van der Waals surface area (Å²) in [7, 11) is 0. The second-order valence-electron chi connectivity index (χ2n) is 8.35. The van der Waals surface area contributed by atoms with Gasteiger partial charge in [-0.1, -0.05) is 19.1 Å². The van der Waals surface area contributed by atoms with E-state index in [1.165, 1.54) is 0 Å². The first kappa shape index (κ1) is 27.2. The lowest BCUT2D eigenvalue weighted by Crippen LogP contribution is -2.35. The van der Waals surface area contributed by atoms with Crippen LogP contribution in [0.15, 0.2) is 36.5 Å². The molecule has 0 unspecified atom stereocenters. The van der Waals surface area contributed by atoms with Crippen LogP contribution in [0.3, 0.4) is 0 Å². The molecule has 3 aromatic rings. The smallest absolute Gasteiger partial charge is 0.221 e. The molecule has 9 heteroatoms. The third kappa shape index (κ3) is 6.42. The monoisotopic (exact) mass is 496 g/mol. The molecule has 1 amide bonds. The molecule has 0 atom stereocenters. The van der Waals surface area contributed by atoms with Crippen LogP contribution < -0.4 is 25.8 Å². The van der Waals surface area contributed by atoms with Crippen molar-refractivity contribution in [1.29, 1.82) is 0 Å². The Hall–Kier alpha value is -3.40. The molecule has 0 aliphatic carbocycles. The number of hydrogen-bond acceptors (Lipinski definition) is 8. The van der Waals surface area contributed by atoms with Crippen LogP contribution in [-0.2, 0) is 24.2 Å². The number of benzene rings is 2. The zero-order chi connectivity index (χ0) is 26.1. The first-order valence-corrected chi connectivity index (χ1v) is 12.3. The van der Waals surface area contributed by atoms with Crippen molar-refractivity contribution in [3.8, 4) is 11.5 Å². The summed E-state index contributed by atoms with van der Waals surface area (Å²) in [5.41, 5.74) is 10.7. The number of carbonyl (C=O) groups is 1. The third-order valence-electron chi connectivity index (χ3n) is 5.88. The highest BCUT2D eigenvalue weighted by Crippen LogP contribution is 2.38. The van der Waals surface area contributed by atoms with Gasteiger partial charge in [-0.15, -0.1) is 0 Å². The van der Waals surface area contributed by atoms with Crippen molar-refractivity contribution in [3.63, 3.8) is 0 Å². The lowest BCUT2D eigenvalue weighted by atomic mass is 10.0. The van der Waals surface area contributed by atoms with Crippen molar-refractivity contribution in [2.45, 2.75) is 46.2 Å². The number of ether oxygens (including phenoxy) is 2. The molecular weight excluding hydrogens is 460 g/mol. The van der Waals surface area contributed by atoms with Gasteiger partial charge in [0.05, 0.1) is 50.1 Å². The number of anilines is 2. The van der Waals surface area contributed by atoms with Gasteiger partial charge in [-0.25, -0.2) is 0 Å². The number of nitrogens with one attached hydrogen (secondary N) is 2. The number of nitrogens with zero attached hydrogens (tertiary/aromatic N) is 1. The van der Waals surface area contributed by atoms with E-state index in [4.69, 9.17) is 15.2 Å². The molecule has 1 heterocycles. The number of fused-ring (bicyclic) bond motifs is 1. The lowest BCUT2D eigenvalue weighted by Gasteiger charge is -2.21. The Bertz CT molecular complexity index is 1180. The van der Waals surface area contributed by atoms with Gasteiger partial charge >= 0.3 is 0 Å². The molecule has 2 aromatic carbocycles. The first-order valence-electron chi connectivity index (χ1n) is 12.3. The predicted octanol–water partition coefficient (Wildman–Crippen LogP) is 2.81. The number of carbonyl (C=O) groups excluding carboxylic acids is 1. The fraction of sp³-hybridized carbons (Fsp3) is 0.407. The average molecular weight is 497 g/mol. The Morgan fingerprint density at radius 2 is 1.75 bits per heavy atom. The standard InChI is InChI=1S/C27H36N4O5/c1-4-20-17(13-29-19(15-32)16-33)8-7-9-22(20)31-27-18(10-26(28)34)14-30-23-12-25(36-6-3)24(35-5-2)11-21(23)27/h7-9,11-12,14,19,29,32-33H,4-6,10,13,15-16H2,1-3H3,(H2,28,34)(H,30,31). The molecule has 3 rings (SSSR count). The Morgan fingerprint density at radius 3 is 2.36 bits per heavy atom. The van der Waals surface area contributed by atoms with Crippen LogP contribution >= 0.6 is 0 Å². The van der Waals surface area contributed by atoms with Gasteiger partial charge in [0.15, 0.2) is 11.5 Å². The first-order chi connectivity index (χ1) is 17.4. The lowest BCUT2D eigenvalue weighted by molar-refractivity contribution is -0.117. The molecule has 0 aliphatic heterocycles.